The largest absolute Gasteiger partial charge is 0.573 e. The van der Waals surface area contributed by atoms with E-state index < -0.39 is 40.0 Å². The van der Waals surface area contributed by atoms with E-state index in [1.54, 1.807) is 36.0 Å². The molecule has 10 nitrogen and oxygen atoms in total. The van der Waals surface area contributed by atoms with Gasteiger partial charge in [0.25, 0.3) is 0 Å². The van der Waals surface area contributed by atoms with Gasteiger partial charge < -0.3 is 4.74 Å². The topological polar surface area (TPSA) is 130 Å². The summed E-state index contributed by atoms with van der Waals surface area (Å²) >= 11 is 0. The summed E-state index contributed by atoms with van der Waals surface area (Å²) in [5.74, 6) is -1.77. The number of hydrazone groups is 1. The van der Waals surface area contributed by atoms with E-state index in [1.165, 1.54) is 29.6 Å². The molecule has 0 spiro atoms. The molecule has 38 heavy (non-hydrogen) atoms. The SMILES string of the molecule is CN=CC=Nc1ccc(C2CC(c3ccc(OC(F)(F)F)cc3)=NN2C(=O)CCC(=O)NS(C)(=O)=O)cc1. The Labute approximate surface area is 217 Å². The minimum Gasteiger partial charge on any atom is -0.406 e. The third-order valence-corrected chi connectivity index (χ3v) is 5.77. The average Bonchev–Trinajstić information content (AvgIpc) is 3.27. The van der Waals surface area contributed by atoms with Gasteiger partial charge in [-0.25, -0.2) is 13.4 Å². The fourth-order valence-corrected chi connectivity index (χ4v) is 4.10. The van der Waals surface area contributed by atoms with Crippen molar-refractivity contribution in [3.05, 3.63) is 59.7 Å². The lowest BCUT2D eigenvalue weighted by atomic mass is 9.98. The van der Waals surface area contributed by atoms with Crippen LogP contribution in [0.15, 0.2) is 63.6 Å². The number of benzene rings is 2. The number of carbonyl (C=O) groups is 2. The summed E-state index contributed by atoms with van der Waals surface area (Å²) in [5, 5.41) is 5.60. The van der Waals surface area contributed by atoms with Crippen molar-refractivity contribution >= 4 is 45.7 Å². The van der Waals surface area contributed by atoms with Gasteiger partial charge in [-0.3, -0.25) is 24.3 Å². The van der Waals surface area contributed by atoms with E-state index >= 15 is 0 Å². The Balaban J connectivity index is 1.83. The molecular formula is C24H24F3N5O5S. The van der Waals surface area contributed by atoms with Crippen LogP contribution < -0.4 is 9.46 Å². The summed E-state index contributed by atoms with van der Waals surface area (Å²) in [6.45, 7) is 0. The van der Waals surface area contributed by atoms with Gasteiger partial charge in [0.2, 0.25) is 21.8 Å². The highest BCUT2D eigenvalue weighted by molar-refractivity contribution is 7.89. The van der Waals surface area contributed by atoms with Crippen LogP contribution in [0.4, 0.5) is 18.9 Å². The lowest BCUT2D eigenvalue weighted by Gasteiger charge is -2.22. The first kappa shape index (κ1) is 28.5. The van der Waals surface area contributed by atoms with Gasteiger partial charge in [0.05, 0.1) is 23.7 Å². The third kappa shape index (κ3) is 8.50. The molecular weight excluding hydrogens is 527 g/mol. The molecule has 0 aliphatic carbocycles. The fourth-order valence-electron chi connectivity index (χ4n) is 3.58. The maximum Gasteiger partial charge on any atom is 0.573 e. The van der Waals surface area contributed by atoms with Crippen LogP contribution in [0.25, 0.3) is 0 Å². The number of nitrogens with one attached hydrogen (secondary N) is 1. The fraction of sp³-hybridized carbons (Fsp3) is 0.292. The third-order valence-electron chi connectivity index (χ3n) is 5.17. The van der Waals surface area contributed by atoms with E-state index in [1.807, 2.05) is 0 Å². The lowest BCUT2D eigenvalue weighted by Crippen LogP contribution is -2.32. The van der Waals surface area contributed by atoms with Crippen LogP contribution in [0.5, 0.6) is 5.75 Å². The number of ether oxygens (including phenoxy) is 1. The first-order valence-electron chi connectivity index (χ1n) is 11.2. The van der Waals surface area contributed by atoms with Crippen LogP contribution in [-0.2, 0) is 19.6 Å². The number of carbonyl (C=O) groups excluding carboxylic acids is 2. The number of hydrogen-bond acceptors (Lipinski definition) is 8. The first-order valence-corrected chi connectivity index (χ1v) is 13.0. The molecule has 2 aromatic rings. The van der Waals surface area contributed by atoms with Gasteiger partial charge in [0.1, 0.15) is 5.75 Å². The average molecular weight is 552 g/mol. The predicted molar refractivity (Wildman–Crippen MR) is 135 cm³/mol. The number of halogens is 3. The summed E-state index contributed by atoms with van der Waals surface area (Å²) in [4.78, 5) is 32.9. The molecule has 0 aromatic heterocycles. The molecule has 2 amide bonds. The van der Waals surface area contributed by atoms with Crippen molar-refractivity contribution < 1.29 is 35.9 Å². The summed E-state index contributed by atoms with van der Waals surface area (Å²) < 4.78 is 65.7. The molecule has 1 unspecified atom stereocenters. The molecule has 0 saturated carbocycles. The van der Waals surface area contributed by atoms with Crippen LogP contribution in [0, 0.1) is 0 Å². The van der Waals surface area contributed by atoms with Crippen molar-refractivity contribution in [2.45, 2.75) is 31.7 Å². The van der Waals surface area contributed by atoms with Crippen molar-refractivity contribution in [1.29, 1.82) is 0 Å². The van der Waals surface area contributed by atoms with E-state index in [0.717, 1.165) is 18.4 Å². The molecule has 0 radical (unpaired) electrons. The smallest absolute Gasteiger partial charge is 0.406 e. The number of sulfonamides is 1. The lowest BCUT2D eigenvalue weighted by molar-refractivity contribution is -0.274. The van der Waals surface area contributed by atoms with Crippen molar-refractivity contribution in [3.63, 3.8) is 0 Å². The summed E-state index contributed by atoms with van der Waals surface area (Å²) in [6, 6.07) is 11.5. The van der Waals surface area contributed by atoms with Crippen LogP contribution in [0.2, 0.25) is 0 Å². The molecule has 1 N–H and O–H groups in total. The maximum atomic E-state index is 13.0. The van der Waals surface area contributed by atoms with E-state index in [-0.39, 0.29) is 19.3 Å². The van der Waals surface area contributed by atoms with Crippen LogP contribution in [-0.4, -0.2) is 63.0 Å². The molecule has 1 atom stereocenters. The van der Waals surface area contributed by atoms with Gasteiger partial charge in [-0.2, -0.15) is 5.10 Å². The second-order valence-corrected chi connectivity index (χ2v) is 9.90. The van der Waals surface area contributed by atoms with Gasteiger partial charge in [-0.1, -0.05) is 12.1 Å². The minimum atomic E-state index is -4.83. The zero-order valence-corrected chi connectivity index (χ0v) is 21.2. The Kier molecular flexibility index (Phi) is 8.99. The molecule has 0 fully saturated rings. The monoisotopic (exact) mass is 551 g/mol. The number of amides is 2. The van der Waals surface area contributed by atoms with Gasteiger partial charge in [-0.15, -0.1) is 13.2 Å². The second kappa shape index (κ2) is 12.0. The number of hydrogen-bond donors (Lipinski definition) is 1. The highest BCUT2D eigenvalue weighted by atomic mass is 32.2. The van der Waals surface area contributed by atoms with Crippen LogP contribution in [0.3, 0.4) is 0 Å². The number of alkyl halides is 3. The molecule has 202 valence electrons. The number of aliphatic imine (C=N–C) groups is 2. The highest BCUT2D eigenvalue weighted by Gasteiger charge is 2.34. The second-order valence-electron chi connectivity index (χ2n) is 8.15. The minimum absolute atomic E-state index is 0.242. The van der Waals surface area contributed by atoms with Gasteiger partial charge in [0, 0.05) is 38.7 Å². The number of nitrogens with zero attached hydrogens (tertiary/aromatic N) is 4. The standard InChI is InChI=1S/C24H24F3N5O5S/c1-28-13-14-29-18-7-3-17(4-8-18)21-15-20(16-5-9-19(10-6-16)37-24(25,26)27)30-32(21)23(34)12-11-22(33)31-38(2,35)36/h3-10,13-14,21H,11-12,15H2,1-2H3,(H,31,33). The Morgan fingerprint density at radius 2 is 1.76 bits per heavy atom. The molecule has 0 bridgehead atoms. The maximum absolute atomic E-state index is 13.0. The molecule has 3 rings (SSSR count). The normalized spacial score (nSPS) is 16.2. The van der Waals surface area contributed by atoms with E-state index in [4.69, 9.17) is 0 Å². The highest BCUT2D eigenvalue weighted by Crippen LogP contribution is 2.35. The van der Waals surface area contributed by atoms with Gasteiger partial charge in [0.15, 0.2) is 0 Å². The summed E-state index contributed by atoms with van der Waals surface area (Å²) in [6.07, 6.45) is -1.41. The zero-order chi connectivity index (χ0) is 27.9. The van der Waals surface area contributed by atoms with Crippen molar-refractivity contribution in [2.75, 3.05) is 13.3 Å². The molecule has 1 aliphatic rings. The molecule has 0 saturated heterocycles. The quantitative estimate of drug-likeness (QED) is 0.477. The predicted octanol–water partition coefficient (Wildman–Crippen LogP) is 3.52. The summed E-state index contributed by atoms with van der Waals surface area (Å²) in [5.41, 5.74) is 2.26. The van der Waals surface area contributed by atoms with Crippen molar-refractivity contribution in [1.82, 2.24) is 9.73 Å². The molecule has 1 heterocycles. The van der Waals surface area contributed by atoms with Crippen molar-refractivity contribution in [3.8, 4) is 5.75 Å². The molecule has 2 aromatic carbocycles. The summed E-state index contributed by atoms with van der Waals surface area (Å²) in [7, 11) is -2.16. The van der Waals surface area contributed by atoms with Gasteiger partial charge in [-0.05, 0) is 47.5 Å². The number of rotatable bonds is 9. The molecule has 14 heteroatoms. The van der Waals surface area contributed by atoms with Crippen LogP contribution >= 0.6 is 0 Å². The Hall–Kier alpha value is -4.07. The van der Waals surface area contributed by atoms with E-state index in [0.29, 0.717) is 22.5 Å². The van der Waals surface area contributed by atoms with Crippen molar-refractivity contribution in [2.24, 2.45) is 15.1 Å². The Morgan fingerprint density at radius 1 is 1.11 bits per heavy atom. The Morgan fingerprint density at radius 3 is 2.34 bits per heavy atom. The van der Waals surface area contributed by atoms with E-state index in [9.17, 15) is 31.2 Å². The first-order chi connectivity index (χ1) is 17.8. The molecule has 1 aliphatic heterocycles. The van der Waals surface area contributed by atoms with Crippen LogP contribution in [0.1, 0.15) is 36.4 Å². The zero-order valence-electron chi connectivity index (χ0n) is 20.3. The van der Waals surface area contributed by atoms with E-state index in [2.05, 4.69) is 19.8 Å². The van der Waals surface area contributed by atoms with Gasteiger partial charge >= 0.3 is 6.36 Å². The Bertz CT molecular complexity index is 1360.